The zero-order valence-electron chi connectivity index (χ0n) is 13.5. The van der Waals surface area contributed by atoms with Crippen molar-refractivity contribution >= 4 is 11.9 Å². The van der Waals surface area contributed by atoms with E-state index in [-0.39, 0.29) is 5.91 Å². The van der Waals surface area contributed by atoms with Gasteiger partial charge in [-0.1, -0.05) is 24.3 Å². The van der Waals surface area contributed by atoms with Crippen LogP contribution in [0.2, 0.25) is 0 Å². The van der Waals surface area contributed by atoms with Crippen LogP contribution in [0.3, 0.4) is 0 Å². The lowest BCUT2D eigenvalue weighted by Crippen LogP contribution is -2.45. The van der Waals surface area contributed by atoms with Crippen molar-refractivity contribution in [2.75, 3.05) is 26.9 Å². The molecule has 2 N–H and O–H groups in total. The second-order valence-corrected chi connectivity index (χ2v) is 5.86. The van der Waals surface area contributed by atoms with Crippen molar-refractivity contribution in [2.45, 2.75) is 31.2 Å². The minimum atomic E-state index is -0.865. The maximum Gasteiger partial charge on any atom is 0.311 e. The van der Waals surface area contributed by atoms with Crippen LogP contribution in [0.5, 0.6) is 0 Å². The molecule has 1 amide bonds. The fourth-order valence-corrected chi connectivity index (χ4v) is 3.00. The van der Waals surface area contributed by atoms with Gasteiger partial charge in [0, 0.05) is 33.7 Å². The molecule has 2 rings (SSSR count). The molecular weight excluding hydrogens is 298 g/mol. The number of carbonyl (C=O) groups excluding carboxylic acids is 1. The van der Waals surface area contributed by atoms with Crippen LogP contribution in [0, 0.1) is 0 Å². The first kappa shape index (κ1) is 17.4. The van der Waals surface area contributed by atoms with Gasteiger partial charge in [-0.25, -0.2) is 0 Å². The average molecular weight is 321 g/mol. The van der Waals surface area contributed by atoms with E-state index in [0.29, 0.717) is 32.7 Å². The topological polar surface area (TPSA) is 84.9 Å². The first-order valence-electron chi connectivity index (χ1n) is 7.67. The number of hydrogen-bond donors (Lipinski definition) is 2. The molecule has 1 aliphatic rings. The van der Waals surface area contributed by atoms with Crippen LogP contribution in [0.1, 0.15) is 36.8 Å². The van der Waals surface area contributed by atoms with Gasteiger partial charge in [0.25, 0.3) is 0 Å². The molecule has 0 aromatic heterocycles. The summed E-state index contributed by atoms with van der Waals surface area (Å²) in [6, 6.07) is 7.38. The van der Waals surface area contributed by atoms with Gasteiger partial charge >= 0.3 is 5.97 Å². The predicted octanol–water partition coefficient (Wildman–Crippen LogP) is 1.64. The molecule has 0 bridgehead atoms. The monoisotopic (exact) mass is 321 g/mol. The molecule has 1 fully saturated rings. The lowest BCUT2D eigenvalue weighted by Gasteiger charge is -2.29. The summed E-state index contributed by atoms with van der Waals surface area (Å²) in [6.45, 7) is 2.90. The Bertz CT molecular complexity index is 549. The first-order chi connectivity index (χ1) is 11.0. The minimum absolute atomic E-state index is 0.108. The lowest BCUT2D eigenvalue weighted by molar-refractivity contribution is -0.139. The zero-order chi connectivity index (χ0) is 16.9. The van der Waals surface area contributed by atoms with Gasteiger partial charge in [0.05, 0.1) is 18.1 Å². The Balaban J connectivity index is 2.23. The van der Waals surface area contributed by atoms with Gasteiger partial charge in [0.2, 0.25) is 5.91 Å². The highest BCUT2D eigenvalue weighted by molar-refractivity contribution is 5.76. The third-order valence-corrected chi connectivity index (χ3v) is 4.21. The fourth-order valence-electron chi connectivity index (χ4n) is 3.00. The van der Waals surface area contributed by atoms with Gasteiger partial charge in [-0.15, -0.1) is 0 Å². The number of benzene rings is 1. The number of aliphatic carboxylic acids is 1. The third kappa shape index (κ3) is 4.09. The molecule has 1 saturated heterocycles. The third-order valence-electron chi connectivity index (χ3n) is 4.21. The Hall–Kier alpha value is -1.92. The minimum Gasteiger partial charge on any atom is -0.481 e. The molecule has 126 valence electrons. The highest BCUT2D eigenvalue weighted by Gasteiger charge is 2.37. The largest absolute Gasteiger partial charge is 0.481 e. The summed E-state index contributed by atoms with van der Waals surface area (Å²) in [6.07, 6.45) is 1.13. The zero-order valence-corrected chi connectivity index (χ0v) is 13.5. The van der Waals surface area contributed by atoms with Crippen LogP contribution in [-0.4, -0.2) is 43.9 Å². The van der Waals surface area contributed by atoms with Gasteiger partial charge in [-0.05, 0) is 17.5 Å². The summed E-state index contributed by atoms with van der Waals surface area (Å²) in [4.78, 5) is 22.9. The smallest absolute Gasteiger partial charge is 0.311 e. The van der Waals surface area contributed by atoms with Gasteiger partial charge in [0.15, 0.2) is 0 Å². The fraction of sp³-hybridized carbons (Fsp3) is 0.529. The summed E-state index contributed by atoms with van der Waals surface area (Å²) in [5, 5.41) is 12.3. The quantitative estimate of drug-likeness (QED) is 0.797. The summed E-state index contributed by atoms with van der Waals surface area (Å²) >= 11 is 0. The maximum absolute atomic E-state index is 11.5. The van der Waals surface area contributed by atoms with Crippen LogP contribution in [0.25, 0.3) is 0 Å². The van der Waals surface area contributed by atoms with E-state index in [1.165, 1.54) is 6.92 Å². The van der Waals surface area contributed by atoms with E-state index in [0.717, 1.165) is 11.1 Å². The Kier molecular flexibility index (Phi) is 5.74. The number of amides is 1. The van der Waals surface area contributed by atoms with E-state index >= 15 is 0 Å². The molecular formula is C17H23NO5. The van der Waals surface area contributed by atoms with Gasteiger partial charge in [0.1, 0.15) is 0 Å². The number of carboxylic acids is 1. The number of rotatable bonds is 7. The number of ether oxygens (including phenoxy) is 2. The molecule has 0 aliphatic carbocycles. The van der Waals surface area contributed by atoms with E-state index in [9.17, 15) is 14.7 Å². The van der Waals surface area contributed by atoms with Crippen molar-refractivity contribution in [2.24, 2.45) is 0 Å². The highest BCUT2D eigenvalue weighted by Crippen LogP contribution is 2.32. The maximum atomic E-state index is 11.5. The van der Waals surface area contributed by atoms with Crippen LogP contribution < -0.4 is 5.32 Å². The molecule has 1 aromatic rings. The molecule has 0 radical (unpaired) electrons. The molecule has 0 saturated carbocycles. The summed E-state index contributed by atoms with van der Waals surface area (Å²) < 4.78 is 10.4. The molecule has 0 spiro atoms. The van der Waals surface area contributed by atoms with Crippen molar-refractivity contribution < 1.29 is 24.2 Å². The summed E-state index contributed by atoms with van der Waals surface area (Å²) in [5.41, 5.74) is 1.15. The Morgan fingerprint density at radius 2 is 2.09 bits per heavy atom. The second-order valence-electron chi connectivity index (χ2n) is 5.86. The molecule has 2 unspecified atom stereocenters. The average Bonchev–Trinajstić information content (AvgIpc) is 2.97. The van der Waals surface area contributed by atoms with Gasteiger partial charge in [-0.2, -0.15) is 0 Å². The molecule has 1 aliphatic heterocycles. The first-order valence-corrected chi connectivity index (χ1v) is 7.67. The molecule has 6 nitrogen and oxygen atoms in total. The standard InChI is InChI=1S/C17H23NO5/c1-12(19)18-17(8-10-23-11-17)14-5-3-13(4-6-14)15(16(20)21)7-9-22-2/h3-6,15H,7-11H2,1-2H3,(H,18,19)(H,20,21). The normalized spacial score (nSPS) is 21.8. The second kappa shape index (κ2) is 7.57. The SMILES string of the molecule is COCCC(C(=O)O)c1ccc(C2(NC(C)=O)CCOC2)cc1. The lowest BCUT2D eigenvalue weighted by atomic mass is 9.86. The number of carboxylic acid groups (broad SMARTS) is 1. The number of hydrogen-bond acceptors (Lipinski definition) is 4. The predicted molar refractivity (Wildman–Crippen MR) is 84.2 cm³/mol. The number of methoxy groups -OCH3 is 1. The molecule has 1 heterocycles. The Labute approximate surface area is 135 Å². The van der Waals surface area contributed by atoms with E-state index < -0.39 is 17.4 Å². The van der Waals surface area contributed by atoms with Crippen molar-refractivity contribution in [3.8, 4) is 0 Å². The Morgan fingerprint density at radius 1 is 1.39 bits per heavy atom. The molecule has 23 heavy (non-hydrogen) atoms. The van der Waals surface area contributed by atoms with E-state index in [2.05, 4.69) is 5.32 Å². The van der Waals surface area contributed by atoms with Gasteiger partial charge < -0.3 is 19.9 Å². The van der Waals surface area contributed by atoms with E-state index in [1.807, 2.05) is 24.3 Å². The summed E-state index contributed by atoms with van der Waals surface area (Å²) in [5.74, 6) is -1.57. The van der Waals surface area contributed by atoms with Gasteiger partial charge in [-0.3, -0.25) is 9.59 Å². The van der Waals surface area contributed by atoms with Crippen molar-refractivity contribution in [1.29, 1.82) is 0 Å². The van der Waals surface area contributed by atoms with Crippen molar-refractivity contribution in [3.63, 3.8) is 0 Å². The molecule has 1 aromatic carbocycles. The molecule has 6 heteroatoms. The van der Waals surface area contributed by atoms with Crippen LogP contribution in [0.15, 0.2) is 24.3 Å². The van der Waals surface area contributed by atoms with E-state index in [1.54, 1.807) is 7.11 Å². The van der Waals surface area contributed by atoms with Crippen molar-refractivity contribution in [3.05, 3.63) is 35.4 Å². The number of carbonyl (C=O) groups is 2. The highest BCUT2D eigenvalue weighted by atomic mass is 16.5. The van der Waals surface area contributed by atoms with Crippen LogP contribution >= 0.6 is 0 Å². The number of nitrogens with one attached hydrogen (secondary N) is 1. The summed E-state index contributed by atoms with van der Waals surface area (Å²) in [7, 11) is 1.55. The Morgan fingerprint density at radius 3 is 2.57 bits per heavy atom. The van der Waals surface area contributed by atoms with E-state index in [4.69, 9.17) is 9.47 Å². The van der Waals surface area contributed by atoms with Crippen molar-refractivity contribution in [1.82, 2.24) is 5.32 Å². The van der Waals surface area contributed by atoms with Crippen LogP contribution in [0.4, 0.5) is 0 Å². The van der Waals surface area contributed by atoms with Crippen LogP contribution in [-0.2, 0) is 24.6 Å². The molecule has 2 atom stereocenters.